The zero-order valence-electron chi connectivity index (χ0n) is 25.8. The number of hydrogen-bond acceptors (Lipinski definition) is 8. The molecular formula is C33H44Cl2FN5O3. The molecule has 2 fully saturated rings. The van der Waals surface area contributed by atoms with Gasteiger partial charge in [0, 0.05) is 41.3 Å². The van der Waals surface area contributed by atoms with Gasteiger partial charge in [-0.3, -0.25) is 4.79 Å². The smallest absolute Gasteiger partial charge is 0.159 e. The monoisotopic (exact) mass is 647 g/mol. The lowest BCUT2D eigenvalue weighted by Crippen LogP contribution is -2.58. The van der Waals surface area contributed by atoms with Gasteiger partial charge in [-0.25, -0.2) is 15.3 Å². The summed E-state index contributed by atoms with van der Waals surface area (Å²) in [4.78, 5) is 24.5. The molecule has 240 valence electrons. The first-order chi connectivity index (χ1) is 21.3. The topological polar surface area (TPSA) is 109 Å². The molecule has 0 bridgehead atoms. The largest absolute Gasteiger partial charge is 0.388 e. The predicted molar refractivity (Wildman–Crippen MR) is 179 cm³/mol. The quantitative estimate of drug-likeness (QED) is 0.119. The number of hydroxylamine groups is 1. The number of nitrogens with zero attached hydrogens (tertiary/aromatic N) is 1. The number of carbonyl (C=O) groups excluding carboxylic acids is 2. The van der Waals surface area contributed by atoms with Crippen LogP contribution in [-0.4, -0.2) is 37.7 Å². The number of ketones is 1. The van der Waals surface area contributed by atoms with E-state index in [2.05, 4.69) is 16.2 Å². The van der Waals surface area contributed by atoms with Crippen molar-refractivity contribution in [2.45, 2.75) is 70.4 Å². The molecule has 5 rings (SSSR count). The lowest BCUT2D eigenvalue weighted by Gasteiger charge is -2.45. The minimum absolute atomic E-state index is 0.104. The first kappa shape index (κ1) is 37.1. The van der Waals surface area contributed by atoms with Crippen molar-refractivity contribution in [2.75, 3.05) is 24.0 Å². The van der Waals surface area contributed by atoms with E-state index < -0.39 is 0 Å². The van der Waals surface area contributed by atoms with Crippen molar-refractivity contribution >= 4 is 47.1 Å². The number of halogens is 3. The summed E-state index contributed by atoms with van der Waals surface area (Å²) in [6.07, 6.45) is 5.35. The molecule has 44 heavy (non-hydrogen) atoms. The SMILES string of the molecule is C=O.CC.CNc1ccc(C(C)=O)cc1.NNON(c1cccc(Cl)c1)C1C(c2cccc(Cl)c2F)CNC12CCCCC2. The molecule has 3 aromatic rings. The van der Waals surface area contributed by atoms with E-state index in [0.717, 1.165) is 42.6 Å². The number of benzene rings is 3. The van der Waals surface area contributed by atoms with Gasteiger partial charge >= 0.3 is 0 Å². The molecule has 1 saturated heterocycles. The number of rotatable bonds is 7. The summed E-state index contributed by atoms with van der Waals surface area (Å²) in [5, 5.41) is 9.14. The minimum atomic E-state index is -0.384. The number of hydrazine groups is 1. The van der Waals surface area contributed by atoms with Crippen molar-refractivity contribution in [2.24, 2.45) is 5.84 Å². The Morgan fingerprint density at radius 3 is 2.25 bits per heavy atom. The first-order valence-corrected chi connectivity index (χ1v) is 15.5. The van der Waals surface area contributed by atoms with E-state index in [1.165, 1.54) is 6.42 Å². The molecule has 1 aliphatic carbocycles. The molecule has 2 atom stereocenters. The van der Waals surface area contributed by atoms with Crippen molar-refractivity contribution in [1.29, 1.82) is 0 Å². The van der Waals surface area contributed by atoms with Gasteiger partial charge in [0.05, 0.1) is 16.8 Å². The lowest BCUT2D eigenvalue weighted by atomic mass is 9.73. The van der Waals surface area contributed by atoms with Crippen LogP contribution in [-0.2, 0) is 9.73 Å². The summed E-state index contributed by atoms with van der Waals surface area (Å²) in [6.45, 7) is 8.18. The number of nitrogens with one attached hydrogen (secondary N) is 3. The molecule has 3 aromatic carbocycles. The van der Waals surface area contributed by atoms with Gasteiger partial charge in [-0.05, 0) is 73.9 Å². The van der Waals surface area contributed by atoms with Crippen molar-refractivity contribution in [3.8, 4) is 0 Å². The first-order valence-electron chi connectivity index (χ1n) is 14.7. The molecule has 1 saturated carbocycles. The third-order valence-electron chi connectivity index (χ3n) is 7.79. The second-order valence-corrected chi connectivity index (χ2v) is 11.0. The summed E-state index contributed by atoms with van der Waals surface area (Å²) in [7, 11) is 1.85. The molecule has 1 spiro atoms. The van der Waals surface area contributed by atoms with Crippen LogP contribution < -0.4 is 27.1 Å². The minimum Gasteiger partial charge on any atom is -0.388 e. The molecule has 11 heteroatoms. The molecule has 1 heterocycles. The van der Waals surface area contributed by atoms with Crippen molar-refractivity contribution in [3.63, 3.8) is 0 Å². The molecule has 8 nitrogen and oxygen atoms in total. The number of carbonyl (C=O) groups is 2. The summed E-state index contributed by atoms with van der Waals surface area (Å²) in [5.74, 6) is 5.11. The molecule has 0 aromatic heterocycles. The molecule has 5 N–H and O–H groups in total. The van der Waals surface area contributed by atoms with E-state index >= 15 is 4.39 Å². The van der Waals surface area contributed by atoms with Gasteiger partial charge in [-0.1, -0.05) is 74.5 Å². The third kappa shape index (κ3) is 9.23. The molecular weight excluding hydrogens is 604 g/mol. The van der Waals surface area contributed by atoms with Crippen LogP contribution in [0.2, 0.25) is 10.0 Å². The third-order valence-corrected chi connectivity index (χ3v) is 8.32. The zero-order valence-corrected chi connectivity index (χ0v) is 27.4. The second kappa shape index (κ2) is 18.7. The summed E-state index contributed by atoms with van der Waals surface area (Å²) in [6, 6.07) is 19.7. The van der Waals surface area contributed by atoms with E-state index in [9.17, 15) is 4.79 Å². The van der Waals surface area contributed by atoms with Crippen LogP contribution in [0.5, 0.6) is 0 Å². The van der Waals surface area contributed by atoms with Gasteiger partial charge < -0.3 is 15.4 Å². The Balaban J connectivity index is 0.000000377. The summed E-state index contributed by atoms with van der Waals surface area (Å²) < 4.78 is 15.0. The van der Waals surface area contributed by atoms with Crippen molar-refractivity contribution in [1.82, 2.24) is 10.9 Å². The fourth-order valence-electron chi connectivity index (χ4n) is 5.86. The lowest BCUT2D eigenvalue weighted by molar-refractivity contribution is -0.0980. The highest BCUT2D eigenvalue weighted by Gasteiger charge is 2.53. The van der Waals surface area contributed by atoms with Gasteiger partial charge in [-0.15, -0.1) is 5.59 Å². The van der Waals surface area contributed by atoms with Crippen LogP contribution in [0.25, 0.3) is 0 Å². The molecule has 2 aliphatic rings. The standard InChI is InChI=1S/C21H25Cl2FN4O.C9H11NO.C2H6.CH2O/c22-14-6-4-7-15(12-14)28(29-27-25)20-17(16-8-5-9-18(23)19(16)24)13-26-21(20)10-2-1-3-11-21;1-7(11)8-3-5-9(10-2)6-4-8;2*1-2/h4-9,12,17,20,26-27H,1-3,10-11,13,25H2;3-6,10H,1-2H3;1-2H3;1H2. The molecule has 0 amide bonds. The van der Waals surface area contributed by atoms with Crippen LogP contribution in [0.1, 0.15) is 74.7 Å². The average Bonchev–Trinajstić information content (AvgIpc) is 3.40. The van der Waals surface area contributed by atoms with E-state index in [0.29, 0.717) is 17.1 Å². The van der Waals surface area contributed by atoms with Crippen molar-refractivity contribution in [3.05, 3.63) is 93.7 Å². The van der Waals surface area contributed by atoms with Crippen LogP contribution >= 0.6 is 23.2 Å². The van der Waals surface area contributed by atoms with Gasteiger partial charge in [0.15, 0.2) is 5.78 Å². The maximum atomic E-state index is 15.0. The van der Waals surface area contributed by atoms with Crippen molar-refractivity contribution < 1.29 is 18.9 Å². The Hall–Kier alpha value is -3.05. The fraction of sp³-hybridized carbons (Fsp3) is 0.394. The summed E-state index contributed by atoms with van der Waals surface area (Å²) in [5.41, 5.74) is 5.19. The van der Waals surface area contributed by atoms with Gasteiger partial charge in [-0.2, -0.15) is 4.94 Å². The zero-order chi connectivity index (χ0) is 32.7. The molecule has 1 aliphatic heterocycles. The van der Waals surface area contributed by atoms with E-state index in [-0.39, 0.29) is 34.1 Å². The molecule has 2 unspecified atom stereocenters. The Bertz CT molecular complexity index is 1310. The highest BCUT2D eigenvalue weighted by atomic mass is 35.5. The highest BCUT2D eigenvalue weighted by Crippen LogP contribution is 2.46. The fourth-order valence-corrected chi connectivity index (χ4v) is 6.22. The predicted octanol–water partition coefficient (Wildman–Crippen LogP) is 7.48. The van der Waals surface area contributed by atoms with Gasteiger partial charge in [0.2, 0.25) is 0 Å². The number of Topliss-reactive ketones (excluding diaryl/α,β-unsaturated/α-hetero) is 1. The normalized spacial score (nSPS) is 18.0. The van der Waals surface area contributed by atoms with E-state index in [4.69, 9.17) is 38.8 Å². The van der Waals surface area contributed by atoms with Crippen LogP contribution in [0, 0.1) is 5.82 Å². The highest BCUT2D eigenvalue weighted by molar-refractivity contribution is 6.31. The van der Waals surface area contributed by atoms with Gasteiger partial charge in [0.25, 0.3) is 0 Å². The molecule has 0 radical (unpaired) electrons. The Morgan fingerprint density at radius 2 is 1.68 bits per heavy atom. The van der Waals surface area contributed by atoms with E-state index in [1.807, 2.05) is 70.1 Å². The second-order valence-electron chi connectivity index (χ2n) is 10.2. The summed E-state index contributed by atoms with van der Waals surface area (Å²) >= 11 is 12.4. The van der Waals surface area contributed by atoms with Crippen LogP contribution in [0.15, 0.2) is 66.7 Å². The maximum absolute atomic E-state index is 15.0. The maximum Gasteiger partial charge on any atom is 0.159 e. The Labute approximate surface area is 270 Å². The average molecular weight is 649 g/mol. The van der Waals surface area contributed by atoms with Crippen LogP contribution in [0.4, 0.5) is 15.8 Å². The Morgan fingerprint density at radius 1 is 1.05 bits per heavy atom. The van der Waals surface area contributed by atoms with Crippen LogP contribution in [0.3, 0.4) is 0 Å². The number of nitrogens with two attached hydrogens (primary N) is 1. The van der Waals surface area contributed by atoms with Gasteiger partial charge in [0.1, 0.15) is 12.6 Å². The number of hydrogen-bond donors (Lipinski definition) is 4. The Kier molecular flexibility index (Phi) is 15.8. The number of anilines is 2. The van der Waals surface area contributed by atoms with E-state index in [1.54, 1.807) is 36.3 Å².